The molecule has 0 spiro atoms. The molecule has 4 rings (SSSR count). The molecule has 2 heterocycles. The Hall–Kier alpha value is -2.55. The Labute approximate surface area is 179 Å². The number of alkyl halides is 3. The molecule has 1 atom stereocenters. The highest BCUT2D eigenvalue weighted by atomic mass is 19.4. The van der Waals surface area contributed by atoms with Gasteiger partial charge in [0, 0.05) is 38.4 Å². The largest absolute Gasteiger partial charge is 0.416 e. The van der Waals surface area contributed by atoms with Crippen LogP contribution in [0, 0.1) is 6.92 Å². The van der Waals surface area contributed by atoms with Crippen molar-refractivity contribution < 1.29 is 18.0 Å². The minimum Gasteiger partial charge on any atom is -0.347 e. The first-order chi connectivity index (χ1) is 14.8. The quantitative estimate of drug-likeness (QED) is 0.744. The molecule has 168 valence electrons. The number of carbonyl (C=O) groups excluding carboxylic acids is 1. The zero-order valence-corrected chi connectivity index (χ0v) is 17.7. The van der Waals surface area contributed by atoms with Crippen molar-refractivity contribution in [3.05, 3.63) is 53.1 Å². The van der Waals surface area contributed by atoms with Crippen LogP contribution < -0.4 is 5.32 Å². The van der Waals surface area contributed by atoms with Crippen LogP contribution >= 0.6 is 0 Å². The van der Waals surface area contributed by atoms with E-state index in [9.17, 15) is 18.0 Å². The molecule has 0 radical (unpaired) electrons. The Morgan fingerprint density at radius 1 is 1.23 bits per heavy atom. The summed E-state index contributed by atoms with van der Waals surface area (Å²) in [5.41, 5.74) is 0.958. The SMILES string of the molecule is CNC(=O)N(C1CC1)C1CCN(C(c2ccc(C)c(C(F)(F)F)c2)c2cnc[nH]2)CC1. The van der Waals surface area contributed by atoms with Crippen molar-refractivity contribution >= 4 is 6.03 Å². The second kappa shape index (κ2) is 8.53. The number of aromatic amines is 1. The number of imidazole rings is 1. The van der Waals surface area contributed by atoms with Crippen LogP contribution in [0.4, 0.5) is 18.0 Å². The molecule has 0 bridgehead atoms. The van der Waals surface area contributed by atoms with Gasteiger partial charge in [0.2, 0.25) is 0 Å². The van der Waals surface area contributed by atoms with Crippen LogP contribution in [-0.4, -0.2) is 58.0 Å². The van der Waals surface area contributed by atoms with Crippen molar-refractivity contribution in [3.63, 3.8) is 0 Å². The summed E-state index contributed by atoms with van der Waals surface area (Å²) in [5.74, 6) is 0. The summed E-state index contributed by atoms with van der Waals surface area (Å²) >= 11 is 0. The van der Waals surface area contributed by atoms with Crippen LogP contribution in [0.15, 0.2) is 30.7 Å². The highest BCUT2D eigenvalue weighted by Crippen LogP contribution is 2.38. The maximum atomic E-state index is 13.5. The fraction of sp³-hybridized carbons (Fsp3) is 0.545. The van der Waals surface area contributed by atoms with Gasteiger partial charge in [0.15, 0.2) is 0 Å². The van der Waals surface area contributed by atoms with Crippen LogP contribution in [0.5, 0.6) is 0 Å². The van der Waals surface area contributed by atoms with E-state index >= 15 is 0 Å². The third-order valence-corrected chi connectivity index (χ3v) is 6.34. The minimum absolute atomic E-state index is 0.0422. The molecular weight excluding hydrogens is 407 g/mol. The van der Waals surface area contributed by atoms with Gasteiger partial charge in [0.25, 0.3) is 0 Å². The molecule has 1 aromatic carbocycles. The molecule has 31 heavy (non-hydrogen) atoms. The zero-order valence-electron chi connectivity index (χ0n) is 17.7. The summed E-state index contributed by atoms with van der Waals surface area (Å²) in [6, 6.07) is 4.63. The van der Waals surface area contributed by atoms with Crippen molar-refractivity contribution in [2.45, 2.75) is 56.9 Å². The van der Waals surface area contributed by atoms with E-state index in [0.29, 0.717) is 24.7 Å². The lowest BCUT2D eigenvalue weighted by molar-refractivity contribution is -0.138. The first kappa shape index (κ1) is 21.7. The monoisotopic (exact) mass is 435 g/mol. The van der Waals surface area contributed by atoms with Crippen molar-refractivity contribution in [2.24, 2.45) is 0 Å². The van der Waals surface area contributed by atoms with Crippen LogP contribution in [-0.2, 0) is 6.18 Å². The number of amides is 2. The molecule has 1 saturated heterocycles. The highest BCUT2D eigenvalue weighted by Gasteiger charge is 2.40. The molecule has 2 amide bonds. The van der Waals surface area contributed by atoms with Crippen LogP contribution in [0.1, 0.15) is 54.1 Å². The number of likely N-dealkylation sites (tertiary alicyclic amines) is 1. The number of nitrogens with one attached hydrogen (secondary N) is 2. The molecule has 1 unspecified atom stereocenters. The standard InChI is InChI=1S/C22H28F3N5O/c1-14-3-4-15(11-18(14)22(23,24)25)20(19-12-27-13-28-19)29-9-7-17(8-10-29)30(16-5-6-16)21(31)26-2/h3-4,11-13,16-17,20H,5-10H2,1-2H3,(H,26,31)(H,27,28). The lowest BCUT2D eigenvalue weighted by atomic mass is 9.94. The second-order valence-corrected chi connectivity index (χ2v) is 8.44. The molecule has 2 fully saturated rings. The Balaban J connectivity index is 1.58. The molecular formula is C22H28F3N5O. The first-order valence-electron chi connectivity index (χ1n) is 10.7. The van der Waals surface area contributed by atoms with Gasteiger partial charge in [-0.25, -0.2) is 9.78 Å². The van der Waals surface area contributed by atoms with Crippen LogP contribution in [0.3, 0.4) is 0 Å². The zero-order chi connectivity index (χ0) is 22.2. The van der Waals surface area contributed by atoms with Crippen molar-refractivity contribution in [1.82, 2.24) is 25.1 Å². The fourth-order valence-electron chi connectivity index (χ4n) is 4.65. The van der Waals surface area contributed by atoms with Crippen molar-refractivity contribution in [1.29, 1.82) is 0 Å². The number of H-pyrrole nitrogens is 1. The van der Waals surface area contributed by atoms with E-state index in [2.05, 4.69) is 20.2 Å². The number of rotatable bonds is 5. The summed E-state index contributed by atoms with van der Waals surface area (Å²) in [4.78, 5) is 23.7. The van der Waals surface area contributed by atoms with Gasteiger partial charge >= 0.3 is 12.2 Å². The number of piperidine rings is 1. The number of aryl methyl sites for hydroxylation is 1. The summed E-state index contributed by atoms with van der Waals surface area (Å²) in [7, 11) is 1.65. The number of urea groups is 1. The normalized spacial score (nSPS) is 19.3. The van der Waals surface area contributed by atoms with E-state index in [1.165, 1.54) is 19.1 Å². The predicted octanol–water partition coefficient (Wildman–Crippen LogP) is 4.09. The molecule has 2 aromatic rings. The molecule has 9 heteroatoms. The number of halogens is 3. The lowest BCUT2D eigenvalue weighted by Crippen LogP contribution is -2.51. The number of nitrogens with zero attached hydrogens (tertiary/aromatic N) is 3. The average Bonchev–Trinajstić information content (AvgIpc) is 3.43. The van der Waals surface area contributed by atoms with E-state index in [4.69, 9.17) is 0 Å². The van der Waals surface area contributed by atoms with Crippen LogP contribution in [0.2, 0.25) is 0 Å². The van der Waals surface area contributed by atoms with Gasteiger partial charge in [0.05, 0.1) is 23.6 Å². The van der Waals surface area contributed by atoms with Crippen molar-refractivity contribution in [2.75, 3.05) is 20.1 Å². The fourth-order valence-corrected chi connectivity index (χ4v) is 4.65. The van der Waals surface area contributed by atoms with Gasteiger partial charge < -0.3 is 15.2 Å². The Morgan fingerprint density at radius 2 is 1.90 bits per heavy atom. The molecule has 6 nitrogen and oxygen atoms in total. The van der Waals surface area contributed by atoms with E-state index in [-0.39, 0.29) is 23.7 Å². The van der Waals surface area contributed by atoms with E-state index in [1.54, 1.807) is 25.6 Å². The summed E-state index contributed by atoms with van der Waals surface area (Å²) < 4.78 is 40.6. The number of aromatic nitrogens is 2. The van der Waals surface area contributed by atoms with Gasteiger partial charge in [-0.3, -0.25) is 4.90 Å². The minimum atomic E-state index is -4.40. The molecule has 1 aliphatic carbocycles. The smallest absolute Gasteiger partial charge is 0.347 e. The summed E-state index contributed by atoms with van der Waals surface area (Å²) in [6.07, 6.45) is 2.46. The maximum Gasteiger partial charge on any atom is 0.416 e. The Kier molecular flexibility index (Phi) is 5.96. The molecule has 1 saturated carbocycles. The number of benzene rings is 1. The topological polar surface area (TPSA) is 64.3 Å². The van der Waals surface area contributed by atoms with E-state index < -0.39 is 11.7 Å². The maximum absolute atomic E-state index is 13.5. The van der Waals surface area contributed by atoms with E-state index in [1.807, 2.05) is 4.90 Å². The molecule has 1 aliphatic heterocycles. The number of hydrogen-bond donors (Lipinski definition) is 2. The number of carbonyl (C=O) groups is 1. The van der Waals surface area contributed by atoms with Gasteiger partial charge in [-0.2, -0.15) is 13.2 Å². The van der Waals surface area contributed by atoms with Gasteiger partial charge in [0.1, 0.15) is 0 Å². The third-order valence-electron chi connectivity index (χ3n) is 6.34. The van der Waals surface area contributed by atoms with Gasteiger partial charge in [-0.1, -0.05) is 12.1 Å². The second-order valence-electron chi connectivity index (χ2n) is 8.44. The first-order valence-corrected chi connectivity index (χ1v) is 10.7. The lowest BCUT2D eigenvalue weighted by Gasteiger charge is -2.41. The van der Waals surface area contributed by atoms with Crippen molar-refractivity contribution in [3.8, 4) is 0 Å². The summed E-state index contributed by atoms with van der Waals surface area (Å²) in [6.45, 7) is 2.85. The average molecular weight is 435 g/mol. The molecule has 1 aromatic heterocycles. The summed E-state index contributed by atoms with van der Waals surface area (Å²) in [5, 5.41) is 2.75. The van der Waals surface area contributed by atoms with Gasteiger partial charge in [-0.15, -0.1) is 0 Å². The Morgan fingerprint density at radius 3 is 2.45 bits per heavy atom. The Bertz CT molecular complexity index is 902. The predicted molar refractivity (Wildman–Crippen MR) is 111 cm³/mol. The number of hydrogen-bond acceptors (Lipinski definition) is 3. The van der Waals surface area contributed by atoms with E-state index in [0.717, 1.165) is 31.4 Å². The molecule has 2 N–H and O–H groups in total. The van der Waals surface area contributed by atoms with Gasteiger partial charge in [-0.05, 0) is 49.8 Å². The molecule has 2 aliphatic rings. The third kappa shape index (κ3) is 4.56. The highest BCUT2D eigenvalue weighted by molar-refractivity contribution is 5.75. The van der Waals surface area contributed by atoms with Crippen LogP contribution in [0.25, 0.3) is 0 Å².